The van der Waals surface area contributed by atoms with Gasteiger partial charge in [-0.25, -0.2) is 15.0 Å². The standard InChI is InChI=1S/C13H8Cl2N4/c14-9-2-1-7(5-10(9)15)8-3-4-17-13-11(8)12(16)18-6-19-13/h1-6H,(H2,16,17,18,19). The van der Waals surface area contributed by atoms with E-state index in [9.17, 15) is 0 Å². The molecule has 0 aliphatic heterocycles. The molecule has 0 atom stereocenters. The van der Waals surface area contributed by atoms with Crippen LogP contribution in [0.3, 0.4) is 0 Å². The Kier molecular flexibility index (Phi) is 2.97. The zero-order valence-corrected chi connectivity index (χ0v) is 11.2. The van der Waals surface area contributed by atoms with Gasteiger partial charge in [-0.1, -0.05) is 29.3 Å². The summed E-state index contributed by atoms with van der Waals surface area (Å²) in [6.45, 7) is 0. The number of benzene rings is 1. The van der Waals surface area contributed by atoms with Crippen LogP contribution >= 0.6 is 23.2 Å². The van der Waals surface area contributed by atoms with Crippen LogP contribution in [0.25, 0.3) is 22.2 Å². The summed E-state index contributed by atoms with van der Waals surface area (Å²) in [7, 11) is 0. The molecule has 0 saturated carbocycles. The molecule has 0 spiro atoms. The van der Waals surface area contributed by atoms with Gasteiger partial charge in [-0.2, -0.15) is 0 Å². The second-order valence-corrected chi connectivity index (χ2v) is 4.76. The fraction of sp³-hybridized carbons (Fsp3) is 0. The van der Waals surface area contributed by atoms with Gasteiger partial charge in [0.2, 0.25) is 0 Å². The predicted molar refractivity (Wildman–Crippen MR) is 77.2 cm³/mol. The van der Waals surface area contributed by atoms with Gasteiger partial charge in [-0.3, -0.25) is 0 Å². The van der Waals surface area contributed by atoms with E-state index in [1.165, 1.54) is 6.33 Å². The molecule has 94 valence electrons. The Morgan fingerprint density at radius 3 is 2.58 bits per heavy atom. The van der Waals surface area contributed by atoms with Crippen molar-refractivity contribution >= 4 is 40.1 Å². The minimum Gasteiger partial charge on any atom is -0.383 e. The summed E-state index contributed by atoms with van der Waals surface area (Å²) in [6.07, 6.45) is 3.07. The van der Waals surface area contributed by atoms with Crippen molar-refractivity contribution in [2.45, 2.75) is 0 Å². The summed E-state index contributed by atoms with van der Waals surface area (Å²) in [5, 5.41) is 1.70. The van der Waals surface area contributed by atoms with Crippen LogP contribution in [0.5, 0.6) is 0 Å². The number of aromatic nitrogens is 3. The number of nitrogen functional groups attached to an aromatic ring is 1. The number of pyridine rings is 1. The van der Waals surface area contributed by atoms with Gasteiger partial charge < -0.3 is 5.73 Å². The molecule has 3 aromatic rings. The van der Waals surface area contributed by atoms with E-state index in [2.05, 4.69) is 15.0 Å². The van der Waals surface area contributed by atoms with E-state index < -0.39 is 0 Å². The van der Waals surface area contributed by atoms with Crippen molar-refractivity contribution < 1.29 is 0 Å². The molecular weight excluding hydrogens is 283 g/mol. The van der Waals surface area contributed by atoms with Crippen LogP contribution in [0.4, 0.5) is 5.82 Å². The summed E-state index contributed by atoms with van der Waals surface area (Å²) >= 11 is 12.0. The van der Waals surface area contributed by atoms with Crippen molar-refractivity contribution in [2.24, 2.45) is 0 Å². The molecule has 1 aromatic carbocycles. The van der Waals surface area contributed by atoms with Gasteiger partial charge in [0.05, 0.1) is 15.4 Å². The number of nitrogens with two attached hydrogens (primary N) is 1. The first kappa shape index (κ1) is 12.1. The molecular formula is C13H8Cl2N4. The third-order valence-electron chi connectivity index (χ3n) is 2.79. The summed E-state index contributed by atoms with van der Waals surface area (Å²) < 4.78 is 0. The maximum Gasteiger partial charge on any atom is 0.165 e. The zero-order chi connectivity index (χ0) is 13.4. The number of halogens is 2. The summed E-state index contributed by atoms with van der Waals surface area (Å²) in [6, 6.07) is 7.24. The summed E-state index contributed by atoms with van der Waals surface area (Å²) in [4.78, 5) is 12.3. The quantitative estimate of drug-likeness (QED) is 0.744. The smallest absolute Gasteiger partial charge is 0.165 e. The molecule has 0 bridgehead atoms. The monoisotopic (exact) mass is 290 g/mol. The van der Waals surface area contributed by atoms with Crippen molar-refractivity contribution in [3.05, 3.63) is 46.8 Å². The van der Waals surface area contributed by atoms with E-state index in [0.29, 0.717) is 26.9 Å². The number of fused-ring (bicyclic) bond motifs is 1. The molecule has 3 rings (SSSR count). The molecule has 6 heteroatoms. The average Bonchev–Trinajstić information content (AvgIpc) is 2.42. The fourth-order valence-corrected chi connectivity index (χ4v) is 2.21. The molecule has 2 heterocycles. The molecule has 0 aliphatic rings. The second-order valence-electron chi connectivity index (χ2n) is 3.94. The van der Waals surface area contributed by atoms with Crippen LogP contribution in [0.2, 0.25) is 10.0 Å². The minimum absolute atomic E-state index is 0.388. The number of hydrogen-bond acceptors (Lipinski definition) is 4. The number of rotatable bonds is 1. The number of anilines is 1. The molecule has 19 heavy (non-hydrogen) atoms. The molecule has 0 unspecified atom stereocenters. The van der Waals surface area contributed by atoms with Gasteiger partial charge in [0, 0.05) is 6.20 Å². The van der Waals surface area contributed by atoms with Crippen molar-refractivity contribution in [1.82, 2.24) is 15.0 Å². The van der Waals surface area contributed by atoms with E-state index in [-0.39, 0.29) is 0 Å². The van der Waals surface area contributed by atoms with E-state index in [4.69, 9.17) is 28.9 Å². The molecule has 0 amide bonds. The number of hydrogen-bond donors (Lipinski definition) is 1. The molecule has 4 nitrogen and oxygen atoms in total. The lowest BCUT2D eigenvalue weighted by Crippen LogP contribution is -1.96. The molecule has 2 aromatic heterocycles. The first-order valence-electron chi connectivity index (χ1n) is 5.47. The third-order valence-corrected chi connectivity index (χ3v) is 3.53. The largest absolute Gasteiger partial charge is 0.383 e. The third kappa shape index (κ3) is 2.09. The van der Waals surface area contributed by atoms with Gasteiger partial charge in [0.1, 0.15) is 12.1 Å². The van der Waals surface area contributed by atoms with Crippen LogP contribution in [-0.2, 0) is 0 Å². The van der Waals surface area contributed by atoms with Gasteiger partial charge in [-0.05, 0) is 29.3 Å². The molecule has 2 N–H and O–H groups in total. The Morgan fingerprint density at radius 2 is 1.79 bits per heavy atom. The van der Waals surface area contributed by atoms with Gasteiger partial charge in [0.25, 0.3) is 0 Å². The lowest BCUT2D eigenvalue weighted by Gasteiger charge is -2.08. The van der Waals surface area contributed by atoms with Crippen LogP contribution in [0, 0.1) is 0 Å². The van der Waals surface area contributed by atoms with Gasteiger partial charge in [-0.15, -0.1) is 0 Å². The highest BCUT2D eigenvalue weighted by Gasteiger charge is 2.10. The molecule has 0 radical (unpaired) electrons. The summed E-state index contributed by atoms with van der Waals surface area (Å²) in [5.74, 6) is 0.388. The summed E-state index contributed by atoms with van der Waals surface area (Å²) in [5.41, 5.74) is 8.23. The SMILES string of the molecule is Nc1ncnc2nccc(-c3ccc(Cl)c(Cl)c3)c12. The highest BCUT2D eigenvalue weighted by atomic mass is 35.5. The Bertz CT molecular complexity index is 768. The van der Waals surface area contributed by atoms with Crippen molar-refractivity contribution in [2.75, 3.05) is 5.73 Å². The Labute approximate surface area is 119 Å². The van der Waals surface area contributed by atoms with Crippen molar-refractivity contribution in [3.63, 3.8) is 0 Å². The average molecular weight is 291 g/mol. The highest BCUT2D eigenvalue weighted by Crippen LogP contribution is 2.33. The Morgan fingerprint density at radius 1 is 0.947 bits per heavy atom. The maximum absolute atomic E-state index is 6.04. The Hall–Kier alpha value is -1.91. The predicted octanol–water partition coefficient (Wildman–Crippen LogP) is 3.58. The zero-order valence-electron chi connectivity index (χ0n) is 9.64. The maximum atomic E-state index is 6.04. The first-order chi connectivity index (χ1) is 9.16. The van der Waals surface area contributed by atoms with E-state index in [0.717, 1.165) is 11.1 Å². The molecule has 0 aliphatic carbocycles. The lowest BCUT2D eigenvalue weighted by atomic mass is 10.0. The van der Waals surface area contributed by atoms with Crippen LogP contribution in [0.15, 0.2) is 36.8 Å². The minimum atomic E-state index is 0.388. The topological polar surface area (TPSA) is 64.7 Å². The molecule has 0 fully saturated rings. The highest BCUT2D eigenvalue weighted by molar-refractivity contribution is 6.42. The van der Waals surface area contributed by atoms with Gasteiger partial charge >= 0.3 is 0 Å². The van der Waals surface area contributed by atoms with Crippen LogP contribution < -0.4 is 5.73 Å². The molecule has 0 saturated heterocycles. The van der Waals surface area contributed by atoms with E-state index >= 15 is 0 Å². The van der Waals surface area contributed by atoms with Gasteiger partial charge in [0.15, 0.2) is 5.65 Å². The number of nitrogens with zero attached hydrogens (tertiary/aromatic N) is 3. The van der Waals surface area contributed by atoms with Crippen molar-refractivity contribution in [1.29, 1.82) is 0 Å². The fourth-order valence-electron chi connectivity index (χ4n) is 1.92. The van der Waals surface area contributed by atoms with E-state index in [1.54, 1.807) is 18.3 Å². The van der Waals surface area contributed by atoms with Crippen LogP contribution in [-0.4, -0.2) is 15.0 Å². The van der Waals surface area contributed by atoms with Crippen LogP contribution in [0.1, 0.15) is 0 Å². The van der Waals surface area contributed by atoms with E-state index in [1.807, 2.05) is 12.1 Å². The second kappa shape index (κ2) is 4.64. The van der Waals surface area contributed by atoms with Crippen molar-refractivity contribution in [3.8, 4) is 11.1 Å². The first-order valence-corrected chi connectivity index (χ1v) is 6.23. The Balaban J connectivity index is 2.33. The normalized spacial score (nSPS) is 10.8. The lowest BCUT2D eigenvalue weighted by molar-refractivity contribution is 1.19.